The topological polar surface area (TPSA) is 55.8 Å². The fourth-order valence-corrected chi connectivity index (χ4v) is 2.60. The van der Waals surface area contributed by atoms with Crippen LogP contribution in [0.2, 0.25) is 0 Å². The van der Waals surface area contributed by atoms with Crippen LogP contribution in [0.3, 0.4) is 0 Å². The number of hydrogen-bond donors (Lipinski definition) is 0. The highest BCUT2D eigenvalue weighted by molar-refractivity contribution is 5.86. The minimum atomic E-state index is -0.604. The van der Waals surface area contributed by atoms with E-state index in [2.05, 4.69) is 26.3 Å². The van der Waals surface area contributed by atoms with E-state index in [9.17, 15) is 9.59 Å². The third-order valence-corrected chi connectivity index (χ3v) is 3.69. The zero-order chi connectivity index (χ0) is 19.5. The second kappa shape index (κ2) is 11.0. The summed E-state index contributed by atoms with van der Waals surface area (Å²) in [6.07, 6.45) is 7.71. The van der Waals surface area contributed by atoms with Crippen LogP contribution in [0.15, 0.2) is 36.4 Å². The quantitative estimate of drug-likeness (QED) is 0.342. The highest BCUT2D eigenvalue weighted by Crippen LogP contribution is 2.35. The molecule has 0 aromatic heterocycles. The Hall–Kier alpha value is -2.74. The molecule has 140 valence electrons. The molecule has 1 atom stereocenters. The lowest BCUT2D eigenvalue weighted by atomic mass is 10.1. The lowest BCUT2D eigenvalue weighted by Gasteiger charge is -2.27. The molecule has 1 aliphatic carbocycles. The van der Waals surface area contributed by atoms with E-state index >= 15 is 0 Å². The summed E-state index contributed by atoms with van der Waals surface area (Å²) < 4.78 is 9.79. The van der Waals surface area contributed by atoms with Crippen LogP contribution in [-0.2, 0) is 20.7 Å². The highest BCUT2D eigenvalue weighted by Gasteiger charge is 2.31. The van der Waals surface area contributed by atoms with Crippen LogP contribution in [0.1, 0.15) is 50.8 Å². The first kappa shape index (κ1) is 21.3. The number of amides is 1. The van der Waals surface area contributed by atoms with Crippen LogP contribution in [-0.4, -0.2) is 30.3 Å². The molecule has 0 saturated carbocycles. The molecule has 1 aromatic rings. The number of carbonyl (C=O) groups excluding carboxylic acids is 2. The molecular formula is C21H27NO4. The van der Waals surface area contributed by atoms with Gasteiger partial charge in [-0.1, -0.05) is 57.0 Å². The summed E-state index contributed by atoms with van der Waals surface area (Å²) in [6.45, 7) is 8.89. The zero-order valence-electron chi connectivity index (χ0n) is 15.8. The van der Waals surface area contributed by atoms with Gasteiger partial charge in [0.1, 0.15) is 0 Å². The van der Waals surface area contributed by atoms with Crippen LogP contribution in [0, 0.1) is 12.3 Å². The van der Waals surface area contributed by atoms with Crippen molar-refractivity contribution in [2.45, 2.75) is 46.1 Å². The van der Waals surface area contributed by atoms with E-state index in [4.69, 9.17) is 15.9 Å². The van der Waals surface area contributed by atoms with Gasteiger partial charge in [0.2, 0.25) is 6.79 Å². The first-order valence-corrected chi connectivity index (χ1v) is 8.73. The van der Waals surface area contributed by atoms with Gasteiger partial charge in [-0.25, -0.2) is 9.59 Å². The van der Waals surface area contributed by atoms with Crippen LogP contribution < -0.4 is 0 Å². The van der Waals surface area contributed by atoms with Crippen LogP contribution in [0.4, 0.5) is 4.79 Å². The summed E-state index contributed by atoms with van der Waals surface area (Å²) in [5, 5.41) is 0. The Kier molecular flexibility index (Phi) is 9.00. The van der Waals surface area contributed by atoms with Crippen molar-refractivity contribution in [2.24, 2.45) is 0 Å². The van der Waals surface area contributed by atoms with E-state index in [0.29, 0.717) is 0 Å². The summed E-state index contributed by atoms with van der Waals surface area (Å²) in [7, 11) is 0. The number of rotatable bonds is 5. The average molecular weight is 357 g/mol. The van der Waals surface area contributed by atoms with Crippen molar-refractivity contribution in [1.82, 2.24) is 4.90 Å². The van der Waals surface area contributed by atoms with Crippen molar-refractivity contribution in [1.29, 1.82) is 0 Å². The molecule has 0 aliphatic heterocycles. The maximum Gasteiger partial charge on any atom is 0.413 e. The van der Waals surface area contributed by atoms with Gasteiger partial charge in [-0.3, -0.25) is 4.90 Å². The van der Waals surface area contributed by atoms with E-state index < -0.39 is 18.9 Å². The number of esters is 1. The number of fused-ring (bicyclic) bond motifs is 1. The van der Waals surface area contributed by atoms with Crippen LogP contribution in [0.5, 0.6) is 0 Å². The first-order chi connectivity index (χ1) is 12.5. The summed E-state index contributed by atoms with van der Waals surface area (Å²) in [5.74, 6) is 1.87. The van der Waals surface area contributed by atoms with E-state index in [1.54, 1.807) is 0 Å². The van der Waals surface area contributed by atoms with Crippen molar-refractivity contribution in [3.05, 3.63) is 47.5 Å². The Bertz CT molecular complexity index is 675. The minimum Gasteiger partial charge on any atom is -0.424 e. The number of hydrogen-bond acceptors (Lipinski definition) is 4. The number of carbonyl (C=O) groups is 2. The van der Waals surface area contributed by atoms with Crippen LogP contribution in [0.25, 0.3) is 0 Å². The Balaban J connectivity index is 0.00000105. The molecule has 0 radical (unpaired) electrons. The molecule has 1 unspecified atom stereocenters. The smallest absolute Gasteiger partial charge is 0.413 e. The fraction of sp³-hybridized carbons (Fsp3) is 0.429. The number of ether oxygens (including phenoxy) is 2. The molecule has 2 rings (SSSR count). The van der Waals surface area contributed by atoms with Crippen molar-refractivity contribution in [3.63, 3.8) is 0 Å². The summed E-state index contributed by atoms with van der Waals surface area (Å²) in [4.78, 5) is 25.0. The Labute approximate surface area is 156 Å². The molecule has 1 aliphatic rings. The predicted molar refractivity (Wildman–Crippen MR) is 101 cm³/mol. The van der Waals surface area contributed by atoms with E-state index in [0.717, 1.165) is 18.4 Å². The van der Waals surface area contributed by atoms with Gasteiger partial charge in [-0.15, -0.1) is 6.42 Å². The van der Waals surface area contributed by atoms with Crippen LogP contribution >= 0.6 is 0 Å². The van der Waals surface area contributed by atoms with E-state index in [1.165, 1.54) is 23.8 Å². The van der Waals surface area contributed by atoms with Gasteiger partial charge < -0.3 is 9.47 Å². The summed E-state index contributed by atoms with van der Waals surface area (Å²) in [5.41, 5.74) is 2.53. The van der Waals surface area contributed by atoms with Gasteiger partial charge in [-0.05, 0) is 30.9 Å². The van der Waals surface area contributed by atoms with Gasteiger partial charge >= 0.3 is 12.1 Å². The summed E-state index contributed by atoms with van der Waals surface area (Å²) >= 11 is 0. The summed E-state index contributed by atoms with van der Waals surface area (Å²) in [6, 6.07) is 7.83. The average Bonchev–Trinajstić information content (AvgIpc) is 3.03. The lowest BCUT2D eigenvalue weighted by Crippen LogP contribution is -2.35. The monoisotopic (exact) mass is 357 g/mol. The van der Waals surface area contributed by atoms with Crippen molar-refractivity contribution in [2.75, 3.05) is 13.3 Å². The molecule has 0 fully saturated rings. The highest BCUT2D eigenvalue weighted by atomic mass is 16.7. The molecule has 5 nitrogen and oxygen atoms in total. The number of aryl methyl sites for hydroxylation is 1. The SMILES string of the molecule is C#CCN(C(=O)OCOC(=O)C(=C)C)C1CCc2ccccc21.CCC. The van der Waals surface area contributed by atoms with Crippen molar-refractivity contribution >= 4 is 12.1 Å². The van der Waals surface area contributed by atoms with E-state index in [1.807, 2.05) is 24.3 Å². The largest absolute Gasteiger partial charge is 0.424 e. The molecule has 1 amide bonds. The van der Waals surface area contributed by atoms with Gasteiger partial charge in [0.05, 0.1) is 12.6 Å². The Morgan fingerprint density at radius 3 is 2.58 bits per heavy atom. The molecule has 26 heavy (non-hydrogen) atoms. The molecule has 0 heterocycles. The minimum absolute atomic E-state index is 0.119. The molecule has 0 spiro atoms. The normalized spacial score (nSPS) is 14.2. The van der Waals surface area contributed by atoms with Gasteiger partial charge in [0.15, 0.2) is 0 Å². The second-order valence-electron chi connectivity index (χ2n) is 6.03. The molecule has 0 N–H and O–H groups in total. The second-order valence-corrected chi connectivity index (χ2v) is 6.03. The number of nitrogens with zero attached hydrogens (tertiary/aromatic N) is 1. The number of terminal acetylenes is 1. The predicted octanol–water partition coefficient (Wildman–Crippen LogP) is 4.24. The first-order valence-electron chi connectivity index (χ1n) is 8.73. The van der Waals surface area contributed by atoms with Gasteiger partial charge in [0, 0.05) is 5.57 Å². The Morgan fingerprint density at radius 2 is 1.96 bits per heavy atom. The van der Waals surface area contributed by atoms with E-state index in [-0.39, 0.29) is 18.2 Å². The standard InChI is InChI=1S/C18H19NO4.C3H8/c1-4-11-19(18(21)23-12-22-17(20)13(2)3)16-10-9-14-7-5-6-8-15(14)16;1-3-2/h1,5-8,16H,2,9-12H2,3H3;3H2,1-2H3. The lowest BCUT2D eigenvalue weighted by molar-refractivity contribution is -0.147. The van der Waals surface area contributed by atoms with Gasteiger partial charge in [0.25, 0.3) is 0 Å². The zero-order valence-corrected chi connectivity index (χ0v) is 15.8. The maximum atomic E-state index is 12.3. The van der Waals surface area contributed by atoms with Crippen molar-refractivity contribution in [3.8, 4) is 12.3 Å². The maximum absolute atomic E-state index is 12.3. The third kappa shape index (κ3) is 5.96. The molecule has 1 aromatic carbocycles. The molecular weight excluding hydrogens is 330 g/mol. The third-order valence-electron chi connectivity index (χ3n) is 3.69. The van der Waals surface area contributed by atoms with Crippen molar-refractivity contribution < 1.29 is 19.1 Å². The molecule has 0 saturated heterocycles. The number of benzene rings is 1. The fourth-order valence-electron chi connectivity index (χ4n) is 2.60. The molecule has 0 bridgehead atoms. The van der Waals surface area contributed by atoms with Gasteiger partial charge in [-0.2, -0.15) is 0 Å². The Morgan fingerprint density at radius 1 is 1.31 bits per heavy atom. The molecule has 5 heteroatoms.